The summed E-state index contributed by atoms with van der Waals surface area (Å²) in [6, 6.07) is 9.95. The van der Waals surface area contributed by atoms with E-state index in [-0.39, 0.29) is 5.41 Å². The molecule has 1 fully saturated rings. The third-order valence-electron chi connectivity index (χ3n) is 4.48. The molecule has 1 nitrogen and oxygen atoms in total. The van der Waals surface area contributed by atoms with E-state index < -0.39 is 0 Å². The maximum atomic E-state index is 2.63. The van der Waals surface area contributed by atoms with Crippen molar-refractivity contribution in [2.75, 3.05) is 6.54 Å². The highest BCUT2D eigenvalue weighted by Gasteiger charge is 2.22. The van der Waals surface area contributed by atoms with Crippen LogP contribution in [0.15, 0.2) is 24.3 Å². The van der Waals surface area contributed by atoms with Crippen molar-refractivity contribution in [3.63, 3.8) is 0 Å². The van der Waals surface area contributed by atoms with Gasteiger partial charge in [0, 0.05) is 12.6 Å². The second-order valence-corrected chi connectivity index (χ2v) is 7.40. The Hall–Kier alpha value is -0.820. The molecule has 1 aliphatic heterocycles. The summed E-state index contributed by atoms with van der Waals surface area (Å²) in [5.41, 5.74) is 3.14. The topological polar surface area (TPSA) is 3.24 Å². The first-order valence-corrected chi connectivity index (χ1v) is 7.70. The second-order valence-electron chi connectivity index (χ2n) is 7.40. The first kappa shape index (κ1) is 14.6. The van der Waals surface area contributed by atoms with Crippen molar-refractivity contribution in [1.82, 2.24) is 4.90 Å². The van der Waals surface area contributed by atoms with Gasteiger partial charge >= 0.3 is 0 Å². The van der Waals surface area contributed by atoms with Crippen LogP contribution >= 0.6 is 0 Å². The van der Waals surface area contributed by atoms with Gasteiger partial charge in [0.25, 0.3) is 0 Å². The first-order valence-electron chi connectivity index (χ1n) is 7.70. The van der Waals surface area contributed by atoms with E-state index in [1.165, 1.54) is 30.5 Å². The number of hydrogen-bond donors (Lipinski definition) is 0. The lowest BCUT2D eigenvalue weighted by molar-refractivity contribution is 0.122. The molecule has 0 radical (unpaired) electrons. The van der Waals surface area contributed by atoms with Crippen LogP contribution in [-0.2, 0) is 12.0 Å². The molecule has 0 N–H and O–H groups in total. The van der Waals surface area contributed by atoms with Crippen LogP contribution in [0, 0.1) is 5.92 Å². The standard InChI is InChI=1S/C18H29N/c1-14-10-11-19(15(2)12-14)13-16-6-8-17(9-7-16)18(3,4)5/h6-9,14-15H,10-13H2,1-5H3. The Morgan fingerprint density at radius 3 is 2.26 bits per heavy atom. The van der Waals surface area contributed by atoms with Gasteiger partial charge in [-0.15, -0.1) is 0 Å². The van der Waals surface area contributed by atoms with Crippen molar-refractivity contribution in [2.45, 2.75) is 65.5 Å². The molecule has 0 bridgehead atoms. The minimum atomic E-state index is 0.256. The predicted octanol–water partition coefficient (Wildman–Crippen LogP) is 4.60. The predicted molar refractivity (Wildman–Crippen MR) is 83.4 cm³/mol. The van der Waals surface area contributed by atoms with Crippen LogP contribution in [0.25, 0.3) is 0 Å². The van der Waals surface area contributed by atoms with E-state index in [1.54, 1.807) is 0 Å². The van der Waals surface area contributed by atoms with E-state index >= 15 is 0 Å². The highest BCUT2D eigenvalue weighted by atomic mass is 15.2. The Bertz CT molecular complexity index is 399. The molecular formula is C18H29N. The van der Waals surface area contributed by atoms with Crippen LogP contribution in [0.2, 0.25) is 0 Å². The summed E-state index contributed by atoms with van der Waals surface area (Å²) >= 11 is 0. The maximum absolute atomic E-state index is 2.63. The van der Waals surface area contributed by atoms with Crippen molar-refractivity contribution in [2.24, 2.45) is 5.92 Å². The van der Waals surface area contributed by atoms with Crippen molar-refractivity contribution >= 4 is 0 Å². The minimum Gasteiger partial charge on any atom is -0.296 e. The molecule has 0 aromatic heterocycles. The lowest BCUT2D eigenvalue weighted by atomic mass is 9.86. The van der Waals surface area contributed by atoms with Crippen LogP contribution < -0.4 is 0 Å². The number of piperidine rings is 1. The van der Waals surface area contributed by atoms with Gasteiger partial charge in [-0.25, -0.2) is 0 Å². The molecule has 2 rings (SSSR count). The molecular weight excluding hydrogens is 230 g/mol. The highest BCUT2D eigenvalue weighted by Crippen LogP contribution is 2.25. The molecule has 1 aromatic rings. The zero-order chi connectivity index (χ0) is 14.0. The zero-order valence-corrected chi connectivity index (χ0v) is 13.2. The van der Waals surface area contributed by atoms with Crippen LogP contribution in [0.5, 0.6) is 0 Å². The molecule has 0 aliphatic carbocycles. The second kappa shape index (κ2) is 5.66. The van der Waals surface area contributed by atoms with E-state index in [0.717, 1.165) is 18.5 Å². The van der Waals surface area contributed by atoms with Gasteiger partial charge in [-0.05, 0) is 48.8 Å². The number of hydrogen-bond acceptors (Lipinski definition) is 1. The Morgan fingerprint density at radius 2 is 1.74 bits per heavy atom. The normalized spacial score (nSPS) is 25.5. The fraction of sp³-hybridized carbons (Fsp3) is 0.667. The molecule has 1 aliphatic rings. The number of nitrogens with zero attached hydrogens (tertiary/aromatic N) is 1. The van der Waals surface area contributed by atoms with Gasteiger partial charge in [0.05, 0.1) is 0 Å². The number of benzene rings is 1. The summed E-state index contributed by atoms with van der Waals surface area (Å²) < 4.78 is 0. The van der Waals surface area contributed by atoms with Crippen LogP contribution in [0.1, 0.15) is 58.6 Å². The number of rotatable bonds is 2. The Kier molecular flexibility index (Phi) is 4.35. The van der Waals surface area contributed by atoms with Crippen LogP contribution in [0.4, 0.5) is 0 Å². The average Bonchev–Trinajstić information content (AvgIpc) is 2.32. The third kappa shape index (κ3) is 3.82. The summed E-state index contributed by atoms with van der Waals surface area (Å²) in [6.45, 7) is 13.9. The van der Waals surface area contributed by atoms with Gasteiger partial charge in [0.1, 0.15) is 0 Å². The van der Waals surface area contributed by atoms with Crippen molar-refractivity contribution < 1.29 is 0 Å². The average molecular weight is 259 g/mol. The van der Waals surface area contributed by atoms with E-state index in [4.69, 9.17) is 0 Å². The van der Waals surface area contributed by atoms with Crippen molar-refractivity contribution in [3.05, 3.63) is 35.4 Å². The SMILES string of the molecule is CC1CCN(Cc2ccc(C(C)(C)C)cc2)C(C)C1. The summed E-state index contributed by atoms with van der Waals surface area (Å²) in [7, 11) is 0. The molecule has 1 aromatic carbocycles. The zero-order valence-electron chi connectivity index (χ0n) is 13.2. The molecule has 1 heterocycles. The molecule has 0 spiro atoms. The highest BCUT2D eigenvalue weighted by molar-refractivity contribution is 5.27. The summed E-state index contributed by atoms with van der Waals surface area (Å²) in [4.78, 5) is 2.63. The third-order valence-corrected chi connectivity index (χ3v) is 4.48. The largest absolute Gasteiger partial charge is 0.296 e. The van der Waals surface area contributed by atoms with E-state index in [2.05, 4.69) is 63.8 Å². The molecule has 106 valence electrons. The van der Waals surface area contributed by atoms with Gasteiger partial charge in [0.15, 0.2) is 0 Å². The van der Waals surface area contributed by atoms with Gasteiger partial charge in [0.2, 0.25) is 0 Å². The smallest absolute Gasteiger partial charge is 0.0236 e. The van der Waals surface area contributed by atoms with Crippen LogP contribution in [-0.4, -0.2) is 17.5 Å². The van der Waals surface area contributed by atoms with Crippen molar-refractivity contribution in [3.8, 4) is 0 Å². The van der Waals surface area contributed by atoms with E-state index in [1.807, 2.05) is 0 Å². The lowest BCUT2D eigenvalue weighted by Crippen LogP contribution is -2.39. The molecule has 1 heteroatoms. The van der Waals surface area contributed by atoms with Gasteiger partial charge in [-0.2, -0.15) is 0 Å². The minimum absolute atomic E-state index is 0.256. The quantitative estimate of drug-likeness (QED) is 0.750. The fourth-order valence-corrected chi connectivity index (χ4v) is 3.04. The van der Waals surface area contributed by atoms with Gasteiger partial charge < -0.3 is 0 Å². The lowest BCUT2D eigenvalue weighted by Gasteiger charge is -2.36. The Morgan fingerprint density at radius 1 is 1.11 bits per heavy atom. The van der Waals surface area contributed by atoms with Gasteiger partial charge in [-0.1, -0.05) is 52.0 Å². The number of likely N-dealkylation sites (tertiary alicyclic amines) is 1. The molecule has 2 atom stereocenters. The summed E-state index contributed by atoms with van der Waals surface area (Å²) in [5, 5.41) is 0. The van der Waals surface area contributed by atoms with E-state index in [0.29, 0.717) is 0 Å². The molecule has 1 saturated heterocycles. The monoisotopic (exact) mass is 259 g/mol. The summed E-state index contributed by atoms with van der Waals surface area (Å²) in [6.07, 6.45) is 2.70. The fourth-order valence-electron chi connectivity index (χ4n) is 3.04. The Labute approximate surface area is 119 Å². The molecule has 0 saturated carbocycles. The van der Waals surface area contributed by atoms with Crippen LogP contribution in [0.3, 0.4) is 0 Å². The molecule has 2 unspecified atom stereocenters. The maximum Gasteiger partial charge on any atom is 0.0236 e. The van der Waals surface area contributed by atoms with Crippen molar-refractivity contribution in [1.29, 1.82) is 0 Å². The Balaban J connectivity index is 2.00. The first-order chi connectivity index (χ1) is 8.86. The van der Waals surface area contributed by atoms with Gasteiger partial charge in [-0.3, -0.25) is 4.90 Å². The molecule has 0 amide bonds. The summed E-state index contributed by atoms with van der Waals surface area (Å²) in [5.74, 6) is 0.898. The van der Waals surface area contributed by atoms with E-state index in [9.17, 15) is 0 Å². The molecule has 19 heavy (non-hydrogen) atoms.